The van der Waals surface area contributed by atoms with E-state index in [4.69, 9.17) is 5.53 Å². The van der Waals surface area contributed by atoms with Crippen molar-refractivity contribution in [2.24, 2.45) is 0 Å². The van der Waals surface area contributed by atoms with E-state index in [2.05, 4.69) is 20.7 Å². The standard InChI is InChI=1S/C8H10BrN3/c1-12(2)8-4-3-6(9)5-7(8)11-10/h3-4H,5H2,1-2H3. The van der Waals surface area contributed by atoms with Crippen molar-refractivity contribution in [1.29, 1.82) is 0 Å². The summed E-state index contributed by atoms with van der Waals surface area (Å²) in [5.41, 5.74) is 10.3. The third-order valence-electron chi connectivity index (χ3n) is 1.66. The molecule has 0 bridgehead atoms. The van der Waals surface area contributed by atoms with Crippen LogP contribution in [0.2, 0.25) is 0 Å². The van der Waals surface area contributed by atoms with Gasteiger partial charge in [-0.05, 0) is 12.2 Å². The number of halogens is 1. The minimum absolute atomic E-state index is 0.653. The summed E-state index contributed by atoms with van der Waals surface area (Å²) in [6.07, 6.45) is 4.53. The lowest BCUT2D eigenvalue weighted by atomic mass is 10.1. The van der Waals surface area contributed by atoms with E-state index in [1.807, 2.05) is 31.1 Å². The fourth-order valence-electron chi connectivity index (χ4n) is 1.07. The largest absolute Gasteiger partial charge is 0.372 e. The fourth-order valence-corrected chi connectivity index (χ4v) is 1.47. The molecule has 0 N–H and O–H groups in total. The van der Waals surface area contributed by atoms with Gasteiger partial charge in [0.2, 0.25) is 0 Å². The molecule has 12 heavy (non-hydrogen) atoms. The van der Waals surface area contributed by atoms with Crippen LogP contribution < -0.4 is 0 Å². The first-order valence-electron chi connectivity index (χ1n) is 3.60. The van der Waals surface area contributed by atoms with E-state index < -0.39 is 0 Å². The maximum atomic E-state index is 8.70. The first-order chi connectivity index (χ1) is 5.65. The van der Waals surface area contributed by atoms with E-state index >= 15 is 0 Å². The molecule has 0 atom stereocenters. The van der Waals surface area contributed by atoms with Crippen LogP contribution in [0, 0.1) is 0 Å². The predicted molar refractivity (Wildman–Crippen MR) is 52.0 cm³/mol. The van der Waals surface area contributed by atoms with Crippen LogP contribution in [0.25, 0.3) is 5.53 Å². The highest BCUT2D eigenvalue weighted by Crippen LogP contribution is 2.20. The highest BCUT2D eigenvalue weighted by atomic mass is 79.9. The van der Waals surface area contributed by atoms with Crippen LogP contribution in [-0.2, 0) is 0 Å². The zero-order valence-corrected chi connectivity index (χ0v) is 8.67. The van der Waals surface area contributed by atoms with Crippen molar-refractivity contribution < 1.29 is 4.79 Å². The van der Waals surface area contributed by atoms with Crippen LogP contribution in [-0.4, -0.2) is 29.5 Å². The van der Waals surface area contributed by atoms with Crippen LogP contribution in [0.3, 0.4) is 0 Å². The smallest absolute Gasteiger partial charge is 0.319 e. The molecule has 0 spiro atoms. The maximum absolute atomic E-state index is 8.70. The second kappa shape index (κ2) is 3.70. The molecule has 1 aliphatic rings. The third-order valence-corrected chi connectivity index (χ3v) is 2.20. The summed E-state index contributed by atoms with van der Waals surface area (Å²) in [5, 5.41) is 0. The van der Waals surface area contributed by atoms with E-state index in [1.54, 1.807) is 0 Å². The van der Waals surface area contributed by atoms with Crippen LogP contribution >= 0.6 is 15.9 Å². The summed E-state index contributed by atoms with van der Waals surface area (Å²) in [6.45, 7) is 0. The van der Waals surface area contributed by atoms with Gasteiger partial charge in [-0.1, -0.05) is 15.9 Å². The van der Waals surface area contributed by atoms with Gasteiger partial charge in [0.05, 0.1) is 6.42 Å². The number of hydrogen-bond acceptors (Lipinski definition) is 1. The van der Waals surface area contributed by atoms with Gasteiger partial charge in [-0.3, -0.25) is 0 Å². The Morgan fingerprint density at radius 3 is 2.67 bits per heavy atom. The van der Waals surface area contributed by atoms with Crippen molar-refractivity contribution in [3.05, 3.63) is 27.9 Å². The average Bonchev–Trinajstić information content (AvgIpc) is 2.03. The second-order valence-electron chi connectivity index (χ2n) is 2.78. The van der Waals surface area contributed by atoms with Gasteiger partial charge in [0.15, 0.2) is 0 Å². The summed E-state index contributed by atoms with van der Waals surface area (Å²) in [5.74, 6) is 0. The Morgan fingerprint density at radius 2 is 2.17 bits per heavy atom. The minimum atomic E-state index is 0.653. The molecule has 0 fully saturated rings. The van der Waals surface area contributed by atoms with Crippen molar-refractivity contribution in [1.82, 2.24) is 4.90 Å². The van der Waals surface area contributed by atoms with E-state index in [0.29, 0.717) is 12.1 Å². The monoisotopic (exact) mass is 227 g/mol. The highest BCUT2D eigenvalue weighted by Gasteiger charge is 2.20. The molecule has 0 amide bonds. The Balaban J connectivity index is 3.03. The number of rotatable bonds is 1. The molecule has 0 aromatic rings. The summed E-state index contributed by atoms with van der Waals surface area (Å²) < 4.78 is 1.03. The first kappa shape index (κ1) is 9.23. The Bertz CT molecular complexity index is 295. The Morgan fingerprint density at radius 1 is 1.50 bits per heavy atom. The maximum Gasteiger partial charge on any atom is 0.319 e. The molecule has 3 nitrogen and oxygen atoms in total. The molecule has 1 rings (SSSR count). The lowest BCUT2D eigenvalue weighted by Gasteiger charge is -2.15. The van der Waals surface area contributed by atoms with E-state index in [-0.39, 0.29) is 0 Å². The molecule has 0 aromatic heterocycles. The van der Waals surface area contributed by atoms with Crippen LogP contribution in [0.5, 0.6) is 0 Å². The minimum Gasteiger partial charge on any atom is -0.372 e. The quantitative estimate of drug-likeness (QED) is 0.498. The lowest BCUT2D eigenvalue weighted by molar-refractivity contribution is -0.00824. The van der Waals surface area contributed by atoms with Gasteiger partial charge in [-0.2, -0.15) is 4.79 Å². The molecule has 0 saturated carbocycles. The Hall–Kier alpha value is -0.860. The Kier molecular flexibility index (Phi) is 2.84. The van der Waals surface area contributed by atoms with Crippen LogP contribution in [0.15, 0.2) is 22.3 Å². The fraction of sp³-hybridized carbons (Fsp3) is 0.375. The molecule has 0 heterocycles. The molecule has 0 aliphatic heterocycles. The molecule has 0 aromatic carbocycles. The van der Waals surface area contributed by atoms with Crippen molar-refractivity contribution in [2.75, 3.05) is 14.1 Å². The zero-order chi connectivity index (χ0) is 9.14. The van der Waals surface area contributed by atoms with Crippen LogP contribution in [0.1, 0.15) is 6.42 Å². The normalized spacial score (nSPS) is 16.4. The SMILES string of the molecule is CN(C)C1=CC=C(Br)CC1=[N+]=[N-]. The van der Waals surface area contributed by atoms with Gasteiger partial charge in [0.1, 0.15) is 5.70 Å². The molecule has 0 unspecified atom stereocenters. The highest BCUT2D eigenvalue weighted by molar-refractivity contribution is 9.11. The Labute approximate surface area is 80.1 Å². The zero-order valence-electron chi connectivity index (χ0n) is 7.08. The first-order valence-corrected chi connectivity index (χ1v) is 4.39. The molecular weight excluding hydrogens is 218 g/mol. The topological polar surface area (TPSA) is 39.6 Å². The summed E-state index contributed by atoms with van der Waals surface area (Å²) in [7, 11) is 3.84. The van der Waals surface area contributed by atoms with Gasteiger partial charge in [-0.25, -0.2) is 0 Å². The summed E-state index contributed by atoms with van der Waals surface area (Å²) in [6, 6.07) is 0. The molecule has 0 saturated heterocycles. The second-order valence-corrected chi connectivity index (χ2v) is 3.80. The number of nitrogens with zero attached hydrogens (tertiary/aromatic N) is 3. The summed E-state index contributed by atoms with van der Waals surface area (Å²) >= 11 is 3.35. The van der Waals surface area contributed by atoms with Crippen molar-refractivity contribution in [2.45, 2.75) is 6.42 Å². The van der Waals surface area contributed by atoms with Gasteiger partial charge < -0.3 is 10.4 Å². The summed E-state index contributed by atoms with van der Waals surface area (Å²) in [4.78, 5) is 5.16. The van der Waals surface area contributed by atoms with E-state index in [1.165, 1.54) is 0 Å². The van der Waals surface area contributed by atoms with Gasteiger partial charge in [0.25, 0.3) is 0 Å². The molecular formula is C8H10BrN3. The van der Waals surface area contributed by atoms with E-state index in [9.17, 15) is 0 Å². The van der Waals surface area contributed by atoms with Crippen LogP contribution in [0.4, 0.5) is 0 Å². The number of hydrogen-bond donors (Lipinski definition) is 0. The van der Waals surface area contributed by atoms with Crippen molar-refractivity contribution >= 4 is 21.6 Å². The molecule has 64 valence electrons. The predicted octanol–water partition coefficient (Wildman–Crippen LogP) is 1.79. The third kappa shape index (κ3) is 1.84. The van der Waals surface area contributed by atoms with Gasteiger partial charge in [0, 0.05) is 18.6 Å². The molecule has 0 radical (unpaired) electrons. The molecule has 4 heteroatoms. The van der Waals surface area contributed by atoms with Crippen molar-refractivity contribution in [3.63, 3.8) is 0 Å². The van der Waals surface area contributed by atoms with Gasteiger partial charge >= 0.3 is 5.71 Å². The molecule has 1 aliphatic carbocycles. The lowest BCUT2D eigenvalue weighted by Crippen LogP contribution is -2.21. The number of allylic oxidation sites excluding steroid dienone is 4. The van der Waals surface area contributed by atoms with Crippen molar-refractivity contribution in [3.8, 4) is 0 Å². The van der Waals surface area contributed by atoms with Gasteiger partial charge in [-0.15, -0.1) is 0 Å². The average molecular weight is 228 g/mol. The van der Waals surface area contributed by atoms with E-state index in [0.717, 1.165) is 10.2 Å².